The van der Waals surface area contributed by atoms with Crippen molar-refractivity contribution in [2.24, 2.45) is 25.9 Å². The van der Waals surface area contributed by atoms with E-state index in [2.05, 4.69) is 10.2 Å². The molecule has 49 heavy (non-hydrogen) atoms. The molecule has 0 spiro atoms. The summed E-state index contributed by atoms with van der Waals surface area (Å²) in [5.41, 5.74) is -2.30. The minimum absolute atomic E-state index is 0.0493. The fraction of sp³-hybridized carbons (Fsp3) is 0.750. The van der Waals surface area contributed by atoms with Crippen LogP contribution in [-0.2, 0) is 43.2 Å². The summed E-state index contributed by atoms with van der Waals surface area (Å²) >= 11 is 0. The summed E-state index contributed by atoms with van der Waals surface area (Å²) in [5.74, 6) is -0.501. The predicted octanol–water partition coefficient (Wildman–Crippen LogP) is 4.59. The first-order chi connectivity index (χ1) is 22.4. The molecule has 2 aromatic heterocycles. The molecule has 0 radical (unpaired) electrons. The minimum atomic E-state index is -4.10. The van der Waals surface area contributed by atoms with E-state index in [0.717, 1.165) is 0 Å². The van der Waals surface area contributed by atoms with Gasteiger partial charge in [0.05, 0.1) is 17.1 Å². The van der Waals surface area contributed by atoms with Crippen LogP contribution in [0.25, 0.3) is 0 Å². The number of likely N-dealkylation sites (tertiary alicyclic amines) is 2. The lowest BCUT2D eigenvalue weighted by Gasteiger charge is -2.34. The summed E-state index contributed by atoms with van der Waals surface area (Å²) in [6.07, 6.45) is 3.99. The van der Waals surface area contributed by atoms with Crippen molar-refractivity contribution in [1.29, 1.82) is 0 Å². The Bertz CT molecular complexity index is 1680. The van der Waals surface area contributed by atoms with E-state index < -0.39 is 48.4 Å². The maximum atomic E-state index is 14.8. The number of carbonyl (C=O) groups is 2. The highest BCUT2D eigenvalue weighted by molar-refractivity contribution is 7.92. The molecule has 2 aliphatic rings. The second-order valence-corrected chi connectivity index (χ2v) is 18.9. The number of nitrogens with zero attached hydrogens (tertiary/aromatic N) is 6. The zero-order valence-electron chi connectivity index (χ0n) is 30.4. The minimum Gasteiger partial charge on any atom is -0.444 e. The summed E-state index contributed by atoms with van der Waals surface area (Å²) in [7, 11) is -4.14. The highest BCUT2D eigenvalue weighted by Crippen LogP contribution is 2.31. The van der Waals surface area contributed by atoms with Gasteiger partial charge < -0.3 is 19.3 Å². The zero-order chi connectivity index (χ0) is 37.1. The molecule has 2 aromatic rings. The van der Waals surface area contributed by atoms with E-state index in [9.17, 15) is 30.8 Å². The van der Waals surface area contributed by atoms with Crippen LogP contribution in [-0.4, -0.2) is 107 Å². The molecule has 2 aliphatic heterocycles. The number of sulfone groups is 2. The quantitative estimate of drug-likeness (QED) is 0.411. The number of hydrogen-bond acceptors (Lipinski definition) is 10. The first-order valence-electron chi connectivity index (χ1n) is 16.5. The lowest BCUT2D eigenvalue weighted by atomic mass is 9.98. The first kappa shape index (κ1) is 40.2. The number of ether oxygens (including phenoxy) is 2. The van der Waals surface area contributed by atoms with Crippen molar-refractivity contribution in [2.45, 2.75) is 108 Å². The van der Waals surface area contributed by atoms with Gasteiger partial charge in [-0.1, -0.05) is 0 Å². The second-order valence-electron chi connectivity index (χ2n) is 14.9. The summed E-state index contributed by atoms with van der Waals surface area (Å²) in [6, 6.07) is 0. The van der Waals surface area contributed by atoms with Gasteiger partial charge in [0.25, 0.3) is 0 Å². The second kappa shape index (κ2) is 15.4. The number of halogens is 1. The molecule has 2 amide bonds. The van der Waals surface area contributed by atoms with Crippen LogP contribution in [0.5, 0.6) is 0 Å². The number of aromatic nitrogens is 4. The third kappa shape index (κ3) is 11.1. The number of aryl methyl sites for hydroxylation is 4. The summed E-state index contributed by atoms with van der Waals surface area (Å²) < 4.78 is 78.5. The van der Waals surface area contributed by atoms with E-state index >= 15 is 0 Å². The van der Waals surface area contributed by atoms with Crippen LogP contribution in [0.2, 0.25) is 0 Å². The number of rotatable bonds is 6. The van der Waals surface area contributed by atoms with E-state index in [1.165, 1.54) is 20.5 Å². The third-order valence-electron chi connectivity index (χ3n) is 8.16. The van der Waals surface area contributed by atoms with Crippen LogP contribution in [0.4, 0.5) is 14.0 Å². The normalized spacial score (nSPS) is 17.7. The van der Waals surface area contributed by atoms with E-state index in [0.29, 0.717) is 36.5 Å². The van der Waals surface area contributed by atoms with Crippen molar-refractivity contribution in [2.75, 3.05) is 31.9 Å². The fourth-order valence-electron chi connectivity index (χ4n) is 5.79. The Kier molecular flexibility index (Phi) is 12.6. The molecule has 14 nitrogen and oxygen atoms in total. The number of carbonyl (C=O) groups excluding carboxylic acids is 2. The van der Waals surface area contributed by atoms with E-state index in [1.54, 1.807) is 59.8 Å². The van der Waals surface area contributed by atoms with Gasteiger partial charge in [0.1, 0.15) is 21.0 Å². The number of piperidine rings is 2. The van der Waals surface area contributed by atoms with Gasteiger partial charge in [0, 0.05) is 58.6 Å². The van der Waals surface area contributed by atoms with Crippen LogP contribution in [0.3, 0.4) is 0 Å². The molecule has 0 saturated carbocycles. The monoisotopic (exact) mass is 732 g/mol. The molecule has 4 rings (SSSR count). The maximum absolute atomic E-state index is 14.8. The van der Waals surface area contributed by atoms with Gasteiger partial charge in [0.2, 0.25) is 15.3 Å². The largest absolute Gasteiger partial charge is 0.444 e. The van der Waals surface area contributed by atoms with Crippen molar-refractivity contribution in [3.8, 4) is 0 Å². The van der Waals surface area contributed by atoms with Gasteiger partial charge in [-0.15, -0.1) is 0 Å². The standard InChI is InChI=1S/C16H26FN3O4S.C16H27N3O4S/c1-11-13(10-19(5)18-11)25(22,23)14(17)12-6-8-20(9-7-12)15(21)24-16(2,3)4;1-12-14(10-18(5)17-12)24(21,22)11-13-6-8-19(9-7-13)15(20)23-16(2,3)4/h10,12,14H,6-9H2,1-5H3;10,13H,6-9,11H2,1-5H3. The van der Waals surface area contributed by atoms with Crippen LogP contribution in [0.1, 0.15) is 78.6 Å². The van der Waals surface area contributed by atoms with Crippen LogP contribution in [0.15, 0.2) is 22.2 Å². The Morgan fingerprint density at radius 1 is 0.776 bits per heavy atom. The number of hydrogen-bond donors (Lipinski definition) is 0. The average molecular weight is 733 g/mol. The topological polar surface area (TPSA) is 163 Å². The van der Waals surface area contributed by atoms with Crippen molar-refractivity contribution in [3.05, 3.63) is 23.8 Å². The summed E-state index contributed by atoms with van der Waals surface area (Å²) in [6.45, 7) is 15.7. The van der Waals surface area contributed by atoms with Crippen molar-refractivity contribution in [3.63, 3.8) is 0 Å². The SMILES string of the molecule is Cc1nn(C)cc1S(=O)(=O)C(F)C1CCN(C(=O)OC(C)(C)C)CC1.Cc1nn(C)cc1S(=O)(=O)CC1CCN(C(=O)OC(C)(C)C)CC1. The lowest BCUT2D eigenvalue weighted by molar-refractivity contribution is 0.0163. The van der Waals surface area contributed by atoms with Crippen LogP contribution >= 0.6 is 0 Å². The average Bonchev–Trinajstić information content (AvgIpc) is 3.51. The molecule has 1 unspecified atom stereocenters. The smallest absolute Gasteiger partial charge is 0.410 e. The molecule has 0 aromatic carbocycles. The van der Waals surface area contributed by atoms with Gasteiger partial charge in [0.15, 0.2) is 9.84 Å². The van der Waals surface area contributed by atoms with Gasteiger partial charge in [-0.25, -0.2) is 30.8 Å². The Balaban J connectivity index is 0.000000266. The molecule has 0 aliphatic carbocycles. The highest BCUT2D eigenvalue weighted by atomic mass is 32.2. The highest BCUT2D eigenvalue weighted by Gasteiger charge is 2.39. The number of amides is 2. The van der Waals surface area contributed by atoms with E-state index in [-0.39, 0.29) is 54.3 Å². The molecule has 278 valence electrons. The Morgan fingerprint density at radius 2 is 1.16 bits per heavy atom. The van der Waals surface area contributed by atoms with Crippen molar-refractivity contribution >= 4 is 31.9 Å². The molecule has 17 heteroatoms. The van der Waals surface area contributed by atoms with Crippen LogP contribution in [0, 0.1) is 25.7 Å². The Morgan fingerprint density at radius 3 is 1.53 bits per heavy atom. The third-order valence-corrected chi connectivity index (χ3v) is 12.1. The summed E-state index contributed by atoms with van der Waals surface area (Å²) in [5, 5.41) is 8.08. The molecule has 2 saturated heterocycles. The van der Waals surface area contributed by atoms with E-state index in [1.807, 2.05) is 20.8 Å². The Hall–Kier alpha value is -3.21. The zero-order valence-corrected chi connectivity index (χ0v) is 32.0. The molecule has 2 fully saturated rings. The van der Waals surface area contributed by atoms with Gasteiger partial charge >= 0.3 is 12.2 Å². The molecule has 0 N–H and O–H groups in total. The lowest BCUT2D eigenvalue weighted by Crippen LogP contribution is -2.44. The molecular formula is C32H53FN6O8S2. The van der Waals surface area contributed by atoms with Crippen LogP contribution < -0.4 is 0 Å². The van der Waals surface area contributed by atoms with Gasteiger partial charge in [-0.2, -0.15) is 10.2 Å². The van der Waals surface area contributed by atoms with Gasteiger partial charge in [-0.3, -0.25) is 9.36 Å². The van der Waals surface area contributed by atoms with E-state index in [4.69, 9.17) is 9.47 Å². The fourth-order valence-corrected chi connectivity index (χ4v) is 9.51. The molecular weight excluding hydrogens is 680 g/mol. The summed E-state index contributed by atoms with van der Waals surface area (Å²) in [4.78, 5) is 27.5. The van der Waals surface area contributed by atoms with Crippen molar-refractivity contribution < 1.29 is 40.3 Å². The predicted molar refractivity (Wildman–Crippen MR) is 181 cm³/mol. The maximum Gasteiger partial charge on any atom is 0.410 e. The number of alkyl halides is 1. The molecule has 0 bridgehead atoms. The Labute approximate surface area is 290 Å². The molecule has 4 heterocycles. The first-order valence-corrected chi connectivity index (χ1v) is 19.7. The van der Waals surface area contributed by atoms with Gasteiger partial charge in [-0.05, 0) is 87.0 Å². The van der Waals surface area contributed by atoms with Crippen molar-refractivity contribution in [1.82, 2.24) is 29.4 Å². The molecule has 1 atom stereocenters.